The van der Waals surface area contributed by atoms with Crippen LogP contribution in [0.1, 0.15) is 26.4 Å². The van der Waals surface area contributed by atoms with Crippen LogP contribution in [0.3, 0.4) is 0 Å². The van der Waals surface area contributed by atoms with Crippen molar-refractivity contribution in [1.29, 1.82) is 0 Å². The number of nitrogen functional groups attached to an aromatic ring is 1. The molecule has 0 unspecified atom stereocenters. The first-order valence-electron chi connectivity index (χ1n) is 6.61. The van der Waals surface area contributed by atoms with E-state index in [1.54, 1.807) is 0 Å². The Morgan fingerprint density at radius 3 is 2.67 bits per heavy atom. The molecule has 0 spiro atoms. The molecule has 4 N–H and O–H groups in total. The van der Waals surface area contributed by atoms with Crippen molar-refractivity contribution < 1.29 is 4.79 Å². The van der Waals surface area contributed by atoms with E-state index in [4.69, 9.17) is 11.5 Å². The number of hydrogen-bond donors (Lipinski definition) is 2. The van der Waals surface area contributed by atoms with Crippen LogP contribution in [-0.2, 0) is 19.5 Å². The highest BCUT2D eigenvalue weighted by molar-refractivity contribution is 7.16. The van der Waals surface area contributed by atoms with E-state index in [0.29, 0.717) is 10.6 Å². The number of primary amides is 1. The number of amides is 1. The fraction of sp³-hybridized carbons (Fsp3) is 0.267. The fourth-order valence-corrected chi connectivity index (χ4v) is 3.89. The highest BCUT2D eigenvalue weighted by Gasteiger charge is 2.25. The van der Waals surface area contributed by atoms with Gasteiger partial charge in [-0.15, -0.1) is 23.7 Å². The molecule has 112 valence electrons. The largest absolute Gasteiger partial charge is 0.390 e. The van der Waals surface area contributed by atoms with Gasteiger partial charge in [0.2, 0.25) is 0 Å². The van der Waals surface area contributed by atoms with Crippen LogP contribution in [0.2, 0.25) is 0 Å². The number of anilines is 1. The zero-order chi connectivity index (χ0) is 14.1. The predicted octanol–water partition coefficient (Wildman–Crippen LogP) is 2.41. The minimum absolute atomic E-state index is 0. The van der Waals surface area contributed by atoms with Gasteiger partial charge in [-0.1, -0.05) is 30.3 Å². The number of nitrogens with zero attached hydrogens (tertiary/aromatic N) is 1. The van der Waals surface area contributed by atoms with E-state index >= 15 is 0 Å². The molecule has 1 aromatic carbocycles. The van der Waals surface area contributed by atoms with Gasteiger partial charge in [-0.3, -0.25) is 9.69 Å². The van der Waals surface area contributed by atoms with Crippen LogP contribution in [0.5, 0.6) is 0 Å². The van der Waals surface area contributed by atoms with Crippen LogP contribution < -0.4 is 11.5 Å². The molecule has 3 rings (SSSR count). The summed E-state index contributed by atoms with van der Waals surface area (Å²) in [6.07, 6.45) is 0.841. The van der Waals surface area contributed by atoms with Gasteiger partial charge < -0.3 is 11.5 Å². The van der Waals surface area contributed by atoms with Crippen molar-refractivity contribution in [3.05, 3.63) is 51.9 Å². The Morgan fingerprint density at radius 2 is 2.00 bits per heavy atom. The SMILES string of the molecule is Cl.NC(=O)c1c(N)sc2c1CCN(Cc1ccccc1)C2. The van der Waals surface area contributed by atoms with Crippen LogP contribution in [0.4, 0.5) is 5.00 Å². The maximum atomic E-state index is 11.5. The molecular formula is C15H18ClN3OS. The lowest BCUT2D eigenvalue weighted by Gasteiger charge is -2.27. The molecule has 2 aromatic rings. The predicted molar refractivity (Wildman–Crippen MR) is 88.8 cm³/mol. The van der Waals surface area contributed by atoms with E-state index < -0.39 is 5.91 Å². The zero-order valence-corrected chi connectivity index (χ0v) is 13.2. The molecule has 0 atom stereocenters. The minimum atomic E-state index is -0.406. The molecule has 1 aliphatic rings. The van der Waals surface area contributed by atoms with E-state index in [1.165, 1.54) is 21.8 Å². The molecule has 1 aromatic heterocycles. The van der Waals surface area contributed by atoms with E-state index in [1.807, 2.05) is 6.07 Å². The average molecular weight is 324 g/mol. The topological polar surface area (TPSA) is 72.3 Å². The number of rotatable bonds is 3. The molecule has 0 aliphatic carbocycles. The Labute approximate surface area is 134 Å². The van der Waals surface area contributed by atoms with Crippen molar-refractivity contribution in [2.75, 3.05) is 12.3 Å². The van der Waals surface area contributed by atoms with Crippen molar-refractivity contribution in [1.82, 2.24) is 4.90 Å². The highest BCUT2D eigenvalue weighted by Crippen LogP contribution is 2.35. The molecule has 1 aliphatic heterocycles. The Balaban J connectivity index is 0.00000161. The normalized spacial score (nSPS) is 14.3. The van der Waals surface area contributed by atoms with Crippen LogP contribution in [0, 0.1) is 0 Å². The van der Waals surface area contributed by atoms with Gasteiger partial charge in [0.15, 0.2) is 0 Å². The van der Waals surface area contributed by atoms with Gasteiger partial charge in [0, 0.05) is 24.5 Å². The fourth-order valence-electron chi connectivity index (χ4n) is 2.72. The van der Waals surface area contributed by atoms with Crippen LogP contribution in [0.25, 0.3) is 0 Å². The molecule has 6 heteroatoms. The molecule has 0 radical (unpaired) electrons. The third-order valence-electron chi connectivity index (χ3n) is 3.66. The standard InChI is InChI=1S/C15H17N3OS.ClH/c16-14(19)13-11-6-7-18(9-12(11)20-15(13)17)8-10-4-2-1-3-5-10;/h1-5H,6-9,17H2,(H2,16,19);1H. The third-order valence-corrected chi connectivity index (χ3v) is 4.70. The second-order valence-electron chi connectivity index (χ2n) is 5.05. The summed E-state index contributed by atoms with van der Waals surface area (Å²) in [5.41, 5.74) is 14.2. The molecule has 0 saturated carbocycles. The molecule has 0 saturated heterocycles. The van der Waals surface area contributed by atoms with Gasteiger partial charge in [0.1, 0.15) is 0 Å². The summed E-state index contributed by atoms with van der Waals surface area (Å²) in [4.78, 5) is 15.0. The first kappa shape index (κ1) is 15.8. The molecular weight excluding hydrogens is 306 g/mol. The number of halogens is 1. The average Bonchev–Trinajstić information content (AvgIpc) is 2.75. The second kappa shape index (κ2) is 6.47. The summed E-state index contributed by atoms with van der Waals surface area (Å²) in [6, 6.07) is 10.4. The number of fused-ring (bicyclic) bond motifs is 1. The summed E-state index contributed by atoms with van der Waals surface area (Å²) < 4.78 is 0. The number of nitrogens with two attached hydrogens (primary N) is 2. The van der Waals surface area contributed by atoms with E-state index in [0.717, 1.165) is 31.6 Å². The smallest absolute Gasteiger partial charge is 0.251 e. The van der Waals surface area contributed by atoms with Gasteiger partial charge in [0.25, 0.3) is 5.91 Å². The van der Waals surface area contributed by atoms with Crippen molar-refractivity contribution in [3.8, 4) is 0 Å². The minimum Gasteiger partial charge on any atom is -0.390 e. The first-order valence-corrected chi connectivity index (χ1v) is 7.43. The second-order valence-corrected chi connectivity index (χ2v) is 6.19. The van der Waals surface area contributed by atoms with E-state index in [-0.39, 0.29) is 12.4 Å². The number of benzene rings is 1. The van der Waals surface area contributed by atoms with Gasteiger partial charge in [-0.05, 0) is 17.5 Å². The lowest BCUT2D eigenvalue weighted by atomic mass is 10.0. The lowest BCUT2D eigenvalue weighted by molar-refractivity contribution is 0.1000. The maximum absolute atomic E-state index is 11.5. The van der Waals surface area contributed by atoms with E-state index in [2.05, 4.69) is 29.2 Å². The highest BCUT2D eigenvalue weighted by atomic mass is 35.5. The molecule has 2 heterocycles. The molecule has 0 bridgehead atoms. The number of carbonyl (C=O) groups excluding carboxylic acids is 1. The van der Waals surface area contributed by atoms with Gasteiger partial charge in [-0.2, -0.15) is 0 Å². The van der Waals surface area contributed by atoms with Crippen molar-refractivity contribution in [2.45, 2.75) is 19.5 Å². The monoisotopic (exact) mass is 323 g/mol. The zero-order valence-electron chi connectivity index (χ0n) is 11.5. The number of hydrogen-bond acceptors (Lipinski definition) is 4. The first-order chi connectivity index (χ1) is 9.65. The molecule has 4 nitrogen and oxygen atoms in total. The van der Waals surface area contributed by atoms with Crippen LogP contribution >= 0.6 is 23.7 Å². The Kier molecular flexibility index (Phi) is 4.88. The molecule has 1 amide bonds. The van der Waals surface area contributed by atoms with Crippen molar-refractivity contribution in [2.24, 2.45) is 5.73 Å². The summed E-state index contributed by atoms with van der Waals surface area (Å²) in [5.74, 6) is -0.406. The van der Waals surface area contributed by atoms with Gasteiger partial charge in [0.05, 0.1) is 10.6 Å². The summed E-state index contributed by atoms with van der Waals surface area (Å²) in [7, 11) is 0. The van der Waals surface area contributed by atoms with Crippen molar-refractivity contribution >= 4 is 34.7 Å². The maximum Gasteiger partial charge on any atom is 0.251 e. The van der Waals surface area contributed by atoms with Crippen LogP contribution in [0.15, 0.2) is 30.3 Å². The lowest BCUT2D eigenvalue weighted by Crippen LogP contribution is -2.30. The van der Waals surface area contributed by atoms with E-state index in [9.17, 15) is 4.79 Å². The van der Waals surface area contributed by atoms with Gasteiger partial charge in [-0.25, -0.2) is 0 Å². The number of thiophene rings is 1. The Morgan fingerprint density at radius 1 is 1.29 bits per heavy atom. The summed E-state index contributed by atoms with van der Waals surface area (Å²) >= 11 is 1.49. The van der Waals surface area contributed by atoms with Crippen LogP contribution in [-0.4, -0.2) is 17.4 Å². The third kappa shape index (κ3) is 3.20. The Hall–Kier alpha value is -1.56. The molecule has 21 heavy (non-hydrogen) atoms. The van der Waals surface area contributed by atoms with Crippen molar-refractivity contribution in [3.63, 3.8) is 0 Å². The summed E-state index contributed by atoms with van der Waals surface area (Å²) in [6.45, 7) is 2.69. The molecule has 0 fully saturated rings. The number of carbonyl (C=O) groups is 1. The quantitative estimate of drug-likeness (QED) is 0.911. The Bertz CT molecular complexity index is 642. The summed E-state index contributed by atoms with van der Waals surface area (Å²) in [5, 5.41) is 0.559. The van der Waals surface area contributed by atoms with Gasteiger partial charge >= 0.3 is 0 Å².